The largest absolute Gasteiger partial charge is 0.497 e. The van der Waals surface area contributed by atoms with Gasteiger partial charge < -0.3 is 14.3 Å². The van der Waals surface area contributed by atoms with Crippen LogP contribution in [-0.4, -0.2) is 23.3 Å². The van der Waals surface area contributed by atoms with Crippen LogP contribution < -0.4 is 5.46 Å². The average molecular weight is 272 g/mol. The molecule has 0 spiro atoms. The Labute approximate surface area is 98.8 Å². The van der Waals surface area contributed by atoms with Crippen molar-refractivity contribution >= 4 is 28.5 Å². The van der Waals surface area contributed by atoms with Crippen molar-refractivity contribution in [3.8, 4) is 0 Å². The molecule has 0 aliphatic carbocycles. The van der Waals surface area contributed by atoms with Crippen LogP contribution >= 0.6 is 15.9 Å². The van der Waals surface area contributed by atoms with Crippen molar-refractivity contribution in [2.45, 2.75) is 38.9 Å². The van der Waals surface area contributed by atoms with E-state index in [2.05, 4.69) is 20.9 Å². The minimum atomic E-state index is -0.296. The van der Waals surface area contributed by atoms with Crippen molar-refractivity contribution in [2.24, 2.45) is 0 Å². The number of aromatic amines is 1. The van der Waals surface area contributed by atoms with E-state index in [9.17, 15) is 0 Å². The summed E-state index contributed by atoms with van der Waals surface area (Å²) >= 11 is 3.46. The van der Waals surface area contributed by atoms with Crippen LogP contribution in [0.4, 0.5) is 0 Å². The van der Waals surface area contributed by atoms with Crippen LogP contribution in [0.2, 0.25) is 0 Å². The molecule has 1 saturated heterocycles. The van der Waals surface area contributed by atoms with Gasteiger partial charge in [-0.25, -0.2) is 0 Å². The number of nitrogens with one attached hydrogen (secondary N) is 1. The molecule has 5 heteroatoms. The van der Waals surface area contributed by atoms with Crippen molar-refractivity contribution in [1.82, 2.24) is 4.98 Å². The second-order valence-electron chi connectivity index (χ2n) is 4.85. The maximum absolute atomic E-state index is 5.92. The summed E-state index contributed by atoms with van der Waals surface area (Å²) in [4.78, 5) is 3.02. The fourth-order valence-corrected chi connectivity index (χ4v) is 1.94. The lowest BCUT2D eigenvalue weighted by Gasteiger charge is -2.32. The third-order valence-electron chi connectivity index (χ3n) is 3.23. The molecule has 0 amide bonds. The Morgan fingerprint density at radius 2 is 1.67 bits per heavy atom. The van der Waals surface area contributed by atoms with Gasteiger partial charge in [0.05, 0.1) is 11.2 Å². The second kappa shape index (κ2) is 3.37. The summed E-state index contributed by atoms with van der Waals surface area (Å²) in [7, 11) is -0.296. The van der Waals surface area contributed by atoms with Gasteiger partial charge in [-0.15, -0.1) is 0 Å². The lowest BCUT2D eigenvalue weighted by atomic mass is 9.81. The normalized spacial score (nSPS) is 23.4. The van der Waals surface area contributed by atoms with Gasteiger partial charge in [0.25, 0.3) is 0 Å². The lowest BCUT2D eigenvalue weighted by molar-refractivity contribution is 0.00578. The van der Waals surface area contributed by atoms with E-state index in [1.165, 1.54) is 0 Å². The molecule has 0 radical (unpaired) electrons. The Morgan fingerprint density at radius 1 is 1.13 bits per heavy atom. The maximum Gasteiger partial charge on any atom is 0.497 e. The third kappa shape index (κ3) is 1.77. The Hall–Kier alpha value is -0.255. The summed E-state index contributed by atoms with van der Waals surface area (Å²) in [5.41, 5.74) is 0.441. The Balaban J connectivity index is 2.27. The molecule has 1 aromatic heterocycles. The molecule has 1 N–H and O–H groups in total. The van der Waals surface area contributed by atoms with Crippen molar-refractivity contribution in [3.05, 3.63) is 16.9 Å². The van der Waals surface area contributed by atoms with Gasteiger partial charge in [0.2, 0.25) is 0 Å². The highest BCUT2D eigenvalue weighted by molar-refractivity contribution is 9.10. The van der Waals surface area contributed by atoms with Crippen molar-refractivity contribution < 1.29 is 9.31 Å². The molecule has 0 aromatic carbocycles. The fraction of sp³-hybridized carbons (Fsp3) is 0.600. The van der Waals surface area contributed by atoms with E-state index in [1.54, 1.807) is 0 Å². The topological polar surface area (TPSA) is 34.2 Å². The van der Waals surface area contributed by atoms with E-state index in [1.807, 2.05) is 40.1 Å². The Bertz CT molecular complexity index is 359. The van der Waals surface area contributed by atoms with E-state index in [0.29, 0.717) is 0 Å². The summed E-state index contributed by atoms with van der Waals surface area (Å²) in [6.07, 6.45) is 3.77. The molecule has 0 bridgehead atoms. The second-order valence-corrected chi connectivity index (χ2v) is 5.70. The predicted molar refractivity (Wildman–Crippen MR) is 64.2 cm³/mol. The number of hydrogen-bond donors (Lipinski definition) is 1. The Kier molecular flexibility index (Phi) is 2.52. The summed E-state index contributed by atoms with van der Waals surface area (Å²) in [5, 5.41) is 0. The Morgan fingerprint density at radius 3 is 2.07 bits per heavy atom. The highest BCUT2D eigenvalue weighted by Gasteiger charge is 2.52. The monoisotopic (exact) mass is 271 g/mol. The first-order valence-electron chi connectivity index (χ1n) is 5.01. The number of rotatable bonds is 1. The molecule has 1 aliphatic heterocycles. The van der Waals surface area contributed by atoms with Gasteiger partial charge in [-0.05, 0) is 43.6 Å². The van der Waals surface area contributed by atoms with Gasteiger partial charge in [0, 0.05) is 22.3 Å². The molecule has 15 heavy (non-hydrogen) atoms. The molecule has 1 aliphatic rings. The zero-order valence-corrected chi connectivity index (χ0v) is 11.0. The minimum absolute atomic E-state index is 0.283. The first kappa shape index (κ1) is 11.2. The summed E-state index contributed by atoms with van der Waals surface area (Å²) in [6.45, 7) is 8.20. The molecule has 1 aromatic rings. The van der Waals surface area contributed by atoms with Gasteiger partial charge in [0.1, 0.15) is 0 Å². The van der Waals surface area contributed by atoms with Crippen LogP contribution in [0.1, 0.15) is 27.7 Å². The van der Waals surface area contributed by atoms with Gasteiger partial charge in [0.15, 0.2) is 0 Å². The van der Waals surface area contributed by atoms with Gasteiger partial charge in [-0.2, -0.15) is 0 Å². The molecule has 2 rings (SSSR count). The number of H-pyrrole nitrogens is 1. The molecular formula is C10H15BBrNO2. The molecule has 0 saturated carbocycles. The number of aromatic nitrogens is 1. The van der Waals surface area contributed by atoms with Crippen LogP contribution in [-0.2, 0) is 9.31 Å². The molecule has 0 atom stereocenters. The molecule has 1 fully saturated rings. The van der Waals surface area contributed by atoms with E-state index in [0.717, 1.165) is 9.94 Å². The van der Waals surface area contributed by atoms with E-state index >= 15 is 0 Å². The van der Waals surface area contributed by atoms with Gasteiger partial charge in [-0.3, -0.25) is 0 Å². The summed E-state index contributed by atoms with van der Waals surface area (Å²) in [6, 6.07) is 0. The number of halogens is 1. The summed E-state index contributed by atoms with van der Waals surface area (Å²) in [5.74, 6) is 0. The maximum atomic E-state index is 5.92. The highest BCUT2D eigenvalue weighted by atomic mass is 79.9. The van der Waals surface area contributed by atoms with E-state index in [4.69, 9.17) is 9.31 Å². The predicted octanol–water partition coefficient (Wildman–Crippen LogP) is 2.08. The van der Waals surface area contributed by atoms with E-state index < -0.39 is 0 Å². The quantitative estimate of drug-likeness (QED) is 0.794. The zero-order chi connectivity index (χ0) is 11.3. The zero-order valence-electron chi connectivity index (χ0n) is 9.43. The van der Waals surface area contributed by atoms with Crippen LogP contribution in [0.15, 0.2) is 16.9 Å². The van der Waals surface area contributed by atoms with Crippen LogP contribution in [0.3, 0.4) is 0 Å². The smallest absolute Gasteiger partial charge is 0.399 e. The number of hydrogen-bond acceptors (Lipinski definition) is 2. The minimum Gasteiger partial charge on any atom is -0.399 e. The SMILES string of the molecule is CC1(C)OB(c2c[nH]cc2Br)OC1(C)C. The van der Waals surface area contributed by atoms with Crippen molar-refractivity contribution in [3.63, 3.8) is 0 Å². The van der Waals surface area contributed by atoms with Crippen LogP contribution in [0, 0.1) is 0 Å². The van der Waals surface area contributed by atoms with Crippen LogP contribution in [0.25, 0.3) is 0 Å². The molecule has 2 heterocycles. The summed E-state index contributed by atoms with van der Waals surface area (Å²) < 4.78 is 12.8. The molecule has 82 valence electrons. The van der Waals surface area contributed by atoms with E-state index in [-0.39, 0.29) is 18.3 Å². The first-order chi connectivity index (χ1) is 6.83. The lowest BCUT2D eigenvalue weighted by Crippen LogP contribution is -2.41. The molecular weight excluding hydrogens is 257 g/mol. The van der Waals surface area contributed by atoms with Gasteiger partial charge >= 0.3 is 7.12 Å². The van der Waals surface area contributed by atoms with Gasteiger partial charge in [-0.1, -0.05) is 0 Å². The molecule has 0 unspecified atom stereocenters. The standard InChI is InChI=1S/C10H15BBrNO2/c1-9(2)10(3,4)15-11(14-9)7-5-13-6-8(7)12/h5-6,13H,1-4H3. The first-order valence-corrected chi connectivity index (χ1v) is 5.81. The average Bonchev–Trinajstić information content (AvgIpc) is 2.55. The van der Waals surface area contributed by atoms with Crippen molar-refractivity contribution in [1.29, 1.82) is 0 Å². The fourth-order valence-electron chi connectivity index (χ4n) is 1.51. The third-order valence-corrected chi connectivity index (χ3v) is 3.92. The van der Waals surface area contributed by atoms with Crippen LogP contribution in [0.5, 0.6) is 0 Å². The highest BCUT2D eigenvalue weighted by Crippen LogP contribution is 2.36. The van der Waals surface area contributed by atoms with Crippen molar-refractivity contribution in [2.75, 3.05) is 0 Å². The molecule has 3 nitrogen and oxygen atoms in total.